The molecule has 1 aliphatic rings. The molecule has 1 N–H and O–H groups in total. The summed E-state index contributed by atoms with van der Waals surface area (Å²) in [5.74, 6) is 0.274. The van der Waals surface area contributed by atoms with Crippen molar-refractivity contribution in [2.24, 2.45) is 0 Å². The van der Waals surface area contributed by atoms with Gasteiger partial charge in [-0.05, 0) is 31.2 Å². The average Bonchev–Trinajstić information content (AvgIpc) is 3.32. The summed E-state index contributed by atoms with van der Waals surface area (Å²) < 4.78 is 22.8. The van der Waals surface area contributed by atoms with Gasteiger partial charge in [-0.1, -0.05) is 6.07 Å². The first-order valence-electron chi connectivity index (χ1n) is 8.87. The van der Waals surface area contributed by atoms with Gasteiger partial charge in [-0.2, -0.15) is 0 Å². The van der Waals surface area contributed by atoms with Gasteiger partial charge in [-0.3, -0.25) is 4.79 Å². The van der Waals surface area contributed by atoms with Crippen LogP contribution in [0.1, 0.15) is 39.0 Å². The molecule has 0 fully saturated rings. The summed E-state index contributed by atoms with van der Waals surface area (Å²) in [6, 6.07) is 8.19. The summed E-state index contributed by atoms with van der Waals surface area (Å²) in [4.78, 5) is 25.8. The van der Waals surface area contributed by atoms with Crippen LogP contribution in [0.5, 0.6) is 17.2 Å². The van der Waals surface area contributed by atoms with Gasteiger partial charge in [0.2, 0.25) is 0 Å². The molecular formula is C21H19NO7. The topological polar surface area (TPSA) is 100 Å². The minimum absolute atomic E-state index is 0.0264. The van der Waals surface area contributed by atoms with Gasteiger partial charge in [-0.15, -0.1) is 0 Å². The summed E-state index contributed by atoms with van der Waals surface area (Å²) in [6.45, 7) is 1.89. The number of carbonyl (C=O) groups excluding carboxylic acids is 1. The Hall–Kier alpha value is -3.68. The molecule has 1 atom stereocenters. The number of furan rings is 1. The lowest BCUT2D eigenvalue weighted by Gasteiger charge is -2.17. The zero-order valence-corrected chi connectivity index (χ0v) is 16.1. The Balaban J connectivity index is 1.87. The van der Waals surface area contributed by atoms with Crippen molar-refractivity contribution in [1.29, 1.82) is 0 Å². The van der Waals surface area contributed by atoms with Crippen molar-refractivity contribution in [2.75, 3.05) is 14.2 Å². The predicted molar refractivity (Wildman–Crippen MR) is 102 cm³/mol. The van der Waals surface area contributed by atoms with Crippen LogP contribution in [0, 0.1) is 6.92 Å². The number of nitrogens with zero attached hydrogens (tertiary/aromatic N) is 1. The molecule has 0 spiro atoms. The van der Waals surface area contributed by atoms with Crippen LogP contribution in [0.15, 0.2) is 45.8 Å². The quantitative estimate of drug-likeness (QED) is 0.661. The fraction of sp³-hybridized carbons (Fsp3) is 0.238. The third-order valence-electron chi connectivity index (χ3n) is 4.97. The third kappa shape index (κ3) is 2.93. The zero-order chi connectivity index (χ0) is 20.7. The second-order valence-corrected chi connectivity index (χ2v) is 6.61. The lowest BCUT2D eigenvalue weighted by molar-refractivity contribution is 0.0448. The lowest BCUT2D eigenvalue weighted by atomic mass is 9.98. The van der Waals surface area contributed by atoms with Crippen molar-refractivity contribution in [3.8, 4) is 17.2 Å². The van der Waals surface area contributed by atoms with Crippen LogP contribution in [0.25, 0.3) is 0 Å². The number of benzene rings is 1. The van der Waals surface area contributed by atoms with Gasteiger partial charge >= 0.3 is 5.97 Å². The molecule has 1 aliphatic heterocycles. The molecule has 0 bridgehead atoms. The van der Waals surface area contributed by atoms with E-state index in [4.69, 9.17) is 18.6 Å². The Kier molecular flexibility index (Phi) is 4.54. The Labute approximate surface area is 165 Å². The van der Waals surface area contributed by atoms with Gasteiger partial charge in [0, 0.05) is 11.3 Å². The lowest BCUT2D eigenvalue weighted by Crippen LogP contribution is -2.28. The fourth-order valence-corrected chi connectivity index (χ4v) is 3.59. The molecule has 3 heterocycles. The van der Waals surface area contributed by atoms with Crippen molar-refractivity contribution in [1.82, 2.24) is 4.57 Å². The van der Waals surface area contributed by atoms with E-state index in [2.05, 4.69) is 0 Å². The van der Waals surface area contributed by atoms with E-state index in [1.165, 1.54) is 31.1 Å². The number of aromatic hydroxyl groups is 1. The van der Waals surface area contributed by atoms with E-state index >= 15 is 0 Å². The van der Waals surface area contributed by atoms with Crippen molar-refractivity contribution in [2.45, 2.75) is 19.6 Å². The Morgan fingerprint density at radius 3 is 2.62 bits per heavy atom. The molecule has 2 aromatic heterocycles. The predicted octanol–water partition coefficient (Wildman–Crippen LogP) is 2.78. The minimum atomic E-state index is -1.06. The Bertz CT molecular complexity index is 1140. The second-order valence-electron chi connectivity index (χ2n) is 6.61. The smallest absolute Gasteiger partial charge is 0.343 e. The van der Waals surface area contributed by atoms with E-state index in [1.807, 2.05) is 0 Å². The third-order valence-corrected chi connectivity index (χ3v) is 4.97. The molecular weight excluding hydrogens is 378 g/mol. The number of hydrogen-bond donors (Lipinski definition) is 1. The van der Waals surface area contributed by atoms with Crippen LogP contribution in [-0.2, 0) is 11.3 Å². The van der Waals surface area contributed by atoms with Crippen molar-refractivity contribution >= 4 is 5.97 Å². The van der Waals surface area contributed by atoms with Gasteiger partial charge in [0.05, 0.1) is 27.0 Å². The maximum Gasteiger partial charge on any atom is 0.343 e. The van der Waals surface area contributed by atoms with Crippen LogP contribution >= 0.6 is 0 Å². The van der Waals surface area contributed by atoms with Crippen LogP contribution in [0.4, 0.5) is 0 Å². The summed E-state index contributed by atoms with van der Waals surface area (Å²) in [5.41, 5.74) is 0.646. The first kappa shape index (κ1) is 18.7. The highest BCUT2D eigenvalue weighted by atomic mass is 16.6. The summed E-state index contributed by atoms with van der Waals surface area (Å²) in [7, 11) is 2.87. The fourth-order valence-electron chi connectivity index (χ4n) is 3.59. The molecule has 8 nitrogen and oxygen atoms in total. The Morgan fingerprint density at radius 2 is 1.97 bits per heavy atom. The number of carbonyl (C=O) groups is 1. The van der Waals surface area contributed by atoms with Crippen molar-refractivity contribution in [3.63, 3.8) is 0 Å². The molecule has 29 heavy (non-hydrogen) atoms. The maximum absolute atomic E-state index is 13.2. The van der Waals surface area contributed by atoms with Crippen molar-refractivity contribution < 1.29 is 28.5 Å². The Morgan fingerprint density at radius 1 is 1.17 bits per heavy atom. The van der Waals surface area contributed by atoms with Crippen LogP contribution in [-0.4, -0.2) is 29.9 Å². The molecule has 1 unspecified atom stereocenters. The highest BCUT2D eigenvalue weighted by molar-refractivity contribution is 5.98. The molecule has 3 aromatic rings. The normalized spacial score (nSPS) is 15.1. The van der Waals surface area contributed by atoms with Crippen LogP contribution in [0.2, 0.25) is 0 Å². The molecule has 0 amide bonds. The van der Waals surface area contributed by atoms with E-state index in [0.717, 1.165) is 0 Å². The number of esters is 1. The number of rotatable bonds is 5. The monoisotopic (exact) mass is 397 g/mol. The first-order chi connectivity index (χ1) is 14.0. The molecule has 0 saturated heterocycles. The standard InChI is InChI=1S/C21H19NO7/c1-11-9-14(23)17(20(24)22(11)10-12-5-4-8-28-12)18-13-6-7-15(26-2)19(27-3)16(13)21(25)29-18/h4-9,18,23H,10H2,1-3H3. The molecule has 0 saturated carbocycles. The number of ether oxygens (including phenoxy) is 3. The molecule has 150 valence electrons. The molecule has 4 rings (SSSR count). The maximum atomic E-state index is 13.2. The highest BCUT2D eigenvalue weighted by Gasteiger charge is 2.39. The van der Waals surface area contributed by atoms with Crippen LogP contribution < -0.4 is 15.0 Å². The molecule has 8 heteroatoms. The SMILES string of the molecule is COc1ccc2c(c1OC)C(=O)OC2c1c(O)cc(C)n(Cc2ccco2)c1=O. The van der Waals surface area contributed by atoms with E-state index in [-0.39, 0.29) is 29.2 Å². The molecule has 0 radical (unpaired) electrons. The number of methoxy groups -OCH3 is 2. The summed E-state index contributed by atoms with van der Waals surface area (Å²) in [6.07, 6.45) is 0.458. The van der Waals surface area contributed by atoms with Gasteiger partial charge in [0.25, 0.3) is 5.56 Å². The highest BCUT2D eigenvalue weighted by Crippen LogP contribution is 2.45. The van der Waals surface area contributed by atoms with Crippen LogP contribution in [0.3, 0.4) is 0 Å². The van der Waals surface area contributed by atoms with E-state index in [0.29, 0.717) is 22.8 Å². The number of cyclic esters (lactones) is 1. The number of aryl methyl sites for hydroxylation is 1. The number of hydrogen-bond acceptors (Lipinski definition) is 7. The van der Waals surface area contributed by atoms with Gasteiger partial charge in [-0.25, -0.2) is 4.79 Å². The average molecular weight is 397 g/mol. The number of pyridine rings is 1. The first-order valence-corrected chi connectivity index (χ1v) is 8.87. The van der Waals surface area contributed by atoms with Gasteiger partial charge in [0.1, 0.15) is 22.6 Å². The molecule has 0 aliphatic carbocycles. The van der Waals surface area contributed by atoms with Gasteiger partial charge in [0.15, 0.2) is 17.6 Å². The second kappa shape index (κ2) is 7.05. The molecule has 1 aromatic carbocycles. The van der Waals surface area contributed by atoms with E-state index in [9.17, 15) is 14.7 Å². The minimum Gasteiger partial charge on any atom is -0.507 e. The summed E-state index contributed by atoms with van der Waals surface area (Å²) in [5, 5.41) is 10.5. The zero-order valence-electron chi connectivity index (χ0n) is 16.1. The van der Waals surface area contributed by atoms with Gasteiger partial charge < -0.3 is 28.3 Å². The van der Waals surface area contributed by atoms with Crippen molar-refractivity contribution in [3.05, 3.63) is 75.1 Å². The van der Waals surface area contributed by atoms with E-state index in [1.54, 1.807) is 31.2 Å². The van der Waals surface area contributed by atoms with E-state index < -0.39 is 17.6 Å². The largest absolute Gasteiger partial charge is 0.507 e. The summed E-state index contributed by atoms with van der Waals surface area (Å²) >= 11 is 0. The number of fused-ring (bicyclic) bond motifs is 1. The number of aromatic nitrogens is 1.